The summed E-state index contributed by atoms with van der Waals surface area (Å²) in [6.07, 6.45) is 4.55. The van der Waals surface area contributed by atoms with Crippen LogP contribution >= 0.6 is 0 Å². The maximum atomic E-state index is 13.5. The number of pyridine rings is 1. The van der Waals surface area contributed by atoms with Crippen molar-refractivity contribution in [3.63, 3.8) is 0 Å². The summed E-state index contributed by atoms with van der Waals surface area (Å²) in [5, 5.41) is 0. The highest BCUT2D eigenvalue weighted by molar-refractivity contribution is 5.95. The summed E-state index contributed by atoms with van der Waals surface area (Å²) >= 11 is 0. The molecule has 6 nitrogen and oxygen atoms in total. The van der Waals surface area contributed by atoms with Gasteiger partial charge in [0.15, 0.2) is 0 Å². The fraction of sp³-hybridized carbons (Fsp3) is 0.619. The number of carbonyl (C=O) groups is 1. The van der Waals surface area contributed by atoms with E-state index in [0.717, 1.165) is 49.4 Å². The van der Waals surface area contributed by atoms with E-state index in [4.69, 9.17) is 4.74 Å². The van der Waals surface area contributed by atoms with Crippen LogP contribution in [0.25, 0.3) is 5.65 Å². The van der Waals surface area contributed by atoms with Gasteiger partial charge in [-0.1, -0.05) is 0 Å². The van der Waals surface area contributed by atoms with E-state index in [2.05, 4.69) is 24.0 Å². The van der Waals surface area contributed by atoms with Gasteiger partial charge in [-0.3, -0.25) is 9.20 Å². The molecule has 2 aromatic heterocycles. The van der Waals surface area contributed by atoms with Crippen molar-refractivity contribution in [2.45, 2.75) is 38.4 Å². The normalized spacial score (nSPS) is 32.0. The lowest BCUT2D eigenvalue weighted by Crippen LogP contribution is -2.40. The SMILES string of the molecule is Cc1ccn2c(C(=O)N3C[C@@H]4[C@H](CN(C)C)[C@H]5CC[C@]4(C3)O5)c(C)nc2c1. The molecule has 0 N–H and O–H groups in total. The fourth-order valence-corrected chi connectivity index (χ4v) is 5.68. The predicted molar refractivity (Wildman–Crippen MR) is 103 cm³/mol. The molecule has 3 aliphatic rings. The maximum Gasteiger partial charge on any atom is 0.272 e. The summed E-state index contributed by atoms with van der Waals surface area (Å²) in [5.41, 5.74) is 3.37. The Kier molecular flexibility index (Phi) is 3.69. The van der Waals surface area contributed by atoms with Crippen LogP contribution in [0, 0.1) is 25.7 Å². The molecule has 2 bridgehead atoms. The molecule has 144 valence electrons. The molecule has 3 aliphatic heterocycles. The minimum Gasteiger partial charge on any atom is -0.369 e. The minimum absolute atomic E-state index is 0.0864. The molecule has 3 fully saturated rings. The molecule has 5 rings (SSSR count). The van der Waals surface area contributed by atoms with Crippen LogP contribution in [-0.2, 0) is 4.74 Å². The van der Waals surface area contributed by atoms with E-state index >= 15 is 0 Å². The monoisotopic (exact) mass is 368 g/mol. The van der Waals surface area contributed by atoms with Crippen LogP contribution in [-0.4, -0.2) is 70.5 Å². The summed E-state index contributed by atoms with van der Waals surface area (Å²) < 4.78 is 8.42. The Morgan fingerprint density at radius 1 is 1.41 bits per heavy atom. The molecule has 1 spiro atoms. The van der Waals surface area contributed by atoms with E-state index in [9.17, 15) is 4.79 Å². The molecule has 2 aromatic rings. The number of aromatic nitrogens is 2. The van der Waals surface area contributed by atoms with Crippen molar-refractivity contribution in [1.82, 2.24) is 19.2 Å². The van der Waals surface area contributed by atoms with Gasteiger partial charge in [0.2, 0.25) is 0 Å². The van der Waals surface area contributed by atoms with Gasteiger partial charge in [0.1, 0.15) is 11.3 Å². The van der Waals surface area contributed by atoms with Crippen LogP contribution in [0.1, 0.15) is 34.6 Å². The molecule has 0 aliphatic carbocycles. The highest BCUT2D eigenvalue weighted by Gasteiger charge is 2.63. The van der Waals surface area contributed by atoms with Crippen LogP contribution in [0.2, 0.25) is 0 Å². The van der Waals surface area contributed by atoms with Crippen molar-refractivity contribution in [3.05, 3.63) is 35.3 Å². The predicted octanol–water partition coefficient (Wildman–Crippen LogP) is 2.13. The molecule has 4 atom stereocenters. The van der Waals surface area contributed by atoms with Gasteiger partial charge in [-0.25, -0.2) is 4.98 Å². The van der Waals surface area contributed by atoms with E-state index in [-0.39, 0.29) is 11.5 Å². The third kappa shape index (κ3) is 2.46. The molecule has 0 unspecified atom stereocenters. The summed E-state index contributed by atoms with van der Waals surface area (Å²) in [6.45, 7) is 6.53. The number of amides is 1. The zero-order valence-electron chi connectivity index (χ0n) is 16.6. The Bertz CT molecular complexity index is 920. The first-order valence-corrected chi connectivity index (χ1v) is 9.95. The number of carbonyl (C=O) groups excluding carboxylic acids is 1. The second-order valence-corrected chi connectivity index (χ2v) is 8.96. The molecule has 5 heterocycles. The van der Waals surface area contributed by atoms with Gasteiger partial charge in [0.25, 0.3) is 5.91 Å². The van der Waals surface area contributed by atoms with E-state index in [1.807, 2.05) is 41.5 Å². The van der Waals surface area contributed by atoms with Crippen molar-refractivity contribution >= 4 is 11.6 Å². The van der Waals surface area contributed by atoms with Crippen molar-refractivity contribution in [2.24, 2.45) is 11.8 Å². The number of rotatable bonds is 3. The van der Waals surface area contributed by atoms with Gasteiger partial charge >= 0.3 is 0 Å². The van der Waals surface area contributed by atoms with Crippen molar-refractivity contribution < 1.29 is 9.53 Å². The van der Waals surface area contributed by atoms with Gasteiger partial charge in [0, 0.05) is 31.1 Å². The number of fused-ring (bicyclic) bond motifs is 2. The average molecular weight is 368 g/mol. The molecular formula is C21H28N4O2. The van der Waals surface area contributed by atoms with Crippen molar-refractivity contribution in [3.8, 4) is 0 Å². The van der Waals surface area contributed by atoms with Crippen LogP contribution in [0.4, 0.5) is 0 Å². The summed E-state index contributed by atoms with van der Waals surface area (Å²) in [6, 6.07) is 4.05. The van der Waals surface area contributed by atoms with Crippen LogP contribution in [0.15, 0.2) is 18.3 Å². The Morgan fingerprint density at radius 3 is 3.00 bits per heavy atom. The number of ether oxygens (including phenoxy) is 1. The highest BCUT2D eigenvalue weighted by atomic mass is 16.5. The molecular weight excluding hydrogens is 340 g/mol. The molecule has 0 aromatic carbocycles. The Labute approximate surface area is 160 Å². The van der Waals surface area contributed by atoms with Crippen LogP contribution < -0.4 is 0 Å². The molecule has 6 heteroatoms. The second kappa shape index (κ2) is 5.79. The molecule has 0 radical (unpaired) electrons. The molecule has 3 saturated heterocycles. The summed E-state index contributed by atoms with van der Waals surface area (Å²) in [4.78, 5) is 22.3. The first-order chi connectivity index (χ1) is 12.9. The Balaban J connectivity index is 1.46. The third-order valence-corrected chi connectivity index (χ3v) is 6.81. The smallest absolute Gasteiger partial charge is 0.272 e. The van der Waals surface area contributed by atoms with E-state index < -0.39 is 0 Å². The highest BCUT2D eigenvalue weighted by Crippen LogP contribution is 2.55. The van der Waals surface area contributed by atoms with Crippen LogP contribution in [0.5, 0.6) is 0 Å². The maximum absolute atomic E-state index is 13.5. The first kappa shape index (κ1) is 17.2. The van der Waals surface area contributed by atoms with Gasteiger partial charge in [-0.05, 0) is 58.5 Å². The Morgan fingerprint density at radius 2 is 2.22 bits per heavy atom. The minimum atomic E-state index is -0.119. The lowest BCUT2D eigenvalue weighted by Gasteiger charge is -2.30. The zero-order chi connectivity index (χ0) is 18.9. The third-order valence-electron chi connectivity index (χ3n) is 6.81. The van der Waals surface area contributed by atoms with Gasteiger partial charge in [0.05, 0.1) is 23.9 Å². The number of likely N-dealkylation sites (tertiary alicyclic amines) is 1. The van der Waals surface area contributed by atoms with E-state index in [1.165, 1.54) is 0 Å². The lowest BCUT2D eigenvalue weighted by molar-refractivity contribution is 0.00248. The molecule has 27 heavy (non-hydrogen) atoms. The summed E-state index contributed by atoms with van der Waals surface area (Å²) in [7, 11) is 4.25. The van der Waals surface area contributed by atoms with Crippen LogP contribution in [0.3, 0.4) is 0 Å². The van der Waals surface area contributed by atoms with E-state index in [1.54, 1.807) is 0 Å². The first-order valence-electron chi connectivity index (χ1n) is 9.95. The average Bonchev–Trinajstić information content (AvgIpc) is 3.32. The number of imidazole rings is 1. The largest absolute Gasteiger partial charge is 0.369 e. The number of hydrogen-bond donors (Lipinski definition) is 0. The standard InChI is InChI=1S/C21H28N4O2/c1-13-6-8-25-18(9-13)22-14(2)19(25)20(26)24-11-16-15(10-23(3)4)17-5-7-21(16,12-24)27-17/h6,8-9,15-17H,5,7,10-12H2,1-4H3/t15-,16+,17+,21+/m0/s1. The quantitative estimate of drug-likeness (QED) is 0.833. The Hall–Kier alpha value is -1.92. The molecule has 1 amide bonds. The summed E-state index contributed by atoms with van der Waals surface area (Å²) in [5.74, 6) is 1.06. The van der Waals surface area contributed by atoms with Gasteiger partial charge < -0.3 is 14.5 Å². The van der Waals surface area contributed by atoms with Gasteiger partial charge in [-0.15, -0.1) is 0 Å². The van der Waals surface area contributed by atoms with Crippen molar-refractivity contribution in [1.29, 1.82) is 0 Å². The number of aryl methyl sites for hydroxylation is 2. The van der Waals surface area contributed by atoms with Crippen molar-refractivity contribution in [2.75, 3.05) is 33.7 Å². The topological polar surface area (TPSA) is 50.1 Å². The second-order valence-electron chi connectivity index (χ2n) is 8.96. The van der Waals surface area contributed by atoms with Gasteiger partial charge in [-0.2, -0.15) is 0 Å². The fourth-order valence-electron chi connectivity index (χ4n) is 5.68. The zero-order valence-corrected chi connectivity index (χ0v) is 16.6. The molecule has 0 saturated carbocycles. The number of hydrogen-bond acceptors (Lipinski definition) is 4. The van der Waals surface area contributed by atoms with E-state index in [0.29, 0.717) is 23.6 Å². The lowest BCUT2D eigenvalue weighted by atomic mass is 9.73. The number of nitrogens with zero attached hydrogens (tertiary/aromatic N) is 4.